The highest BCUT2D eigenvalue weighted by atomic mass is 16.5. The van der Waals surface area contributed by atoms with Crippen molar-refractivity contribution < 1.29 is 24.1 Å². The van der Waals surface area contributed by atoms with Crippen LogP contribution in [0.4, 0.5) is 0 Å². The molecule has 28 heavy (non-hydrogen) atoms. The largest absolute Gasteiger partial charge is 0.507 e. The second-order valence-corrected chi connectivity index (χ2v) is 6.19. The van der Waals surface area contributed by atoms with Crippen LogP contribution in [0, 0.1) is 18.3 Å². The summed E-state index contributed by atoms with van der Waals surface area (Å²) < 4.78 is 17.2. The summed E-state index contributed by atoms with van der Waals surface area (Å²) in [6.07, 6.45) is 1.69. The van der Waals surface area contributed by atoms with E-state index in [1.165, 1.54) is 19.2 Å². The van der Waals surface area contributed by atoms with E-state index in [9.17, 15) is 15.2 Å². The van der Waals surface area contributed by atoms with Crippen LogP contribution < -0.4 is 4.74 Å². The molecule has 0 amide bonds. The molecular formula is C21H20N2O5. The number of hydrogen-bond donors (Lipinski definition) is 1. The number of fused-ring (bicyclic) bond motifs is 1. The van der Waals surface area contributed by atoms with Gasteiger partial charge < -0.3 is 23.9 Å². The first-order chi connectivity index (χ1) is 13.5. The maximum atomic E-state index is 11.7. The van der Waals surface area contributed by atoms with Gasteiger partial charge in [0, 0.05) is 30.4 Å². The van der Waals surface area contributed by atoms with Crippen molar-refractivity contribution in [3.05, 3.63) is 53.2 Å². The van der Waals surface area contributed by atoms with Crippen LogP contribution >= 0.6 is 0 Å². The predicted molar refractivity (Wildman–Crippen MR) is 103 cm³/mol. The first kappa shape index (κ1) is 19.3. The van der Waals surface area contributed by atoms with Crippen molar-refractivity contribution in [2.75, 3.05) is 27.4 Å². The molecule has 3 rings (SSSR count). The van der Waals surface area contributed by atoms with E-state index in [0.29, 0.717) is 30.2 Å². The quantitative estimate of drug-likeness (QED) is 0.521. The van der Waals surface area contributed by atoms with Gasteiger partial charge in [0.1, 0.15) is 29.7 Å². The number of carbonyl (C=O) groups is 1. The lowest BCUT2D eigenvalue weighted by Gasteiger charge is -2.11. The maximum Gasteiger partial charge on any atom is 0.341 e. The maximum absolute atomic E-state index is 11.7. The van der Waals surface area contributed by atoms with Crippen LogP contribution in [0.5, 0.6) is 11.5 Å². The third kappa shape index (κ3) is 3.50. The molecule has 2 aromatic carbocycles. The van der Waals surface area contributed by atoms with Gasteiger partial charge in [0.15, 0.2) is 0 Å². The molecule has 1 aromatic heterocycles. The Morgan fingerprint density at radius 2 is 2.00 bits per heavy atom. The van der Waals surface area contributed by atoms with Crippen molar-refractivity contribution in [3.8, 4) is 23.3 Å². The summed E-state index contributed by atoms with van der Waals surface area (Å²) in [6.45, 7) is 2.80. The first-order valence-corrected chi connectivity index (χ1v) is 8.59. The average molecular weight is 380 g/mol. The standard InChI is InChI=1S/C21H20N2O5/c1-13-8-18-17(10-20(13)28-7-6-26-2)14(11-22)12-23(18)15-4-5-16(19(24)9-15)21(25)27-3/h4-5,8-10,12,24H,6-7H2,1-3H3. The van der Waals surface area contributed by atoms with Gasteiger partial charge in [-0.2, -0.15) is 5.26 Å². The first-order valence-electron chi connectivity index (χ1n) is 8.59. The zero-order chi connectivity index (χ0) is 20.3. The topological polar surface area (TPSA) is 93.7 Å². The van der Waals surface area contributed by atoms with E-state index in [0.717, 1.165) is 16.5 Å². The number of aromatic hydroxyl groups is 1. The Labute approximate surface area is 162 Å². The molecule has 1 N–H and O–H groups in total. The Balaban J connectivity index is 2.10. The second kappa shape index (κ2) is 8.03. The highest BCUT2D eigenvalue weighted by Crippen LogP contribution is 2.32. The number of hydrogen-bond acceptors (Lipinski definition) is 6. The minimum absolute atomic E-state index is 0.0771. The van der Waals surface area contributed by atoms with Gasteiger partial charge in [-0.15, -0.1) is 0 Å². The van der Waals surface area contributed by atoms with E-state index in [-0.39, 0.29) is 11.3 Å². The van der Waals surface area contributed by atoms with E-state index < -0.39 is 5.97 Å². The molecule has 0 aliphatic rings. The second-order valence-electron chi connectivity index (χ2n) is 6.19. The van der Waals surface area contributed by atoms with Gasteiger partial charge in [-0.3, -0.25) is 0 Å². The Morgan fingerprint density at radius 3 is 2.64 bits per heavy atom. The number of esters is 1. The summed E-state index contributed by atoms with van der Waals surface area (Å²) in [5.74, 6) is -0.128. The molecule has 0 saturated carbocycles. The van der Waals surface area contributed by atoms with Crippen LogP contribution in [0.25, 0.3) is 16.6 Å². The van der Waals surface area contributed by atoms with Gasteiger partial charge in [0.05, 0.1) is 24.8 Å². The lowest BCUT2D eigenvalue weighted by molar-refractivity contribution is 0.0597. The molecule has 1 heterocycles. The molecule has 0 unspecified atom stereocenters. The van der Waals surface area contributed by atoms with Gasteiger partial charge in [-0.25, -0.2) is 4.79 Å². The molecule has 7 heteroatoms. The number of nitrogens with zero attached hydrogens (tertiary/aromatic N) is 2. The molecule has 144 valence electrons. The summed E-state index contributed by atoms with van der Waals surface area (Å²) >= 11 is 0. The van der Waals surface area contributed by atoms with E-state index in [1.807, 2.05) is 19.1 Å². The highest BCUT2D eigenvalue weighted by Gasteiger charge is 2.16. The number of phenols is 1. The molecule has 0 aliphatic heterocycles. The van der Waals surface area contributed by atoms with Gasteiger partial charge in [0.2, 0.25) is 0 Å². The van der Waals surface area contributed by atoms with Crippen LogP contribution in [0.15, 0.2) is 36.5 Å². The normalized spacial score (nSPS) is 10.6. The monoisotopic (exact) mass is 380 g/mol. The molecule has 0 bridgehead atoms. The molecule has 0 spiro atoms. The van der Waals surface area contributed by atoms with Crippen LogP contribution in [0.1, 0.15) is 21.5 Å². The number of methoxy groups -OCH3 is 2. The number of aryl methyl sites for hydroxylation is 1. The van der Waals surface area contributed by atoms with E-state index >= 15 is 0 Å². The van der Waals surface area contributed by atoms with Gasteiger partial charge >= 0.3 is 5.97 Å². The van der Waals surface area contributed by atoms with Crippen molar-refractivity contribution in [2.45, 2.75) is 6.92 Å². The number of ether oxygens (including phenoxy) is 3. The predicted octanol–water partition coefficient (Wildman–Crippen LogP) is 3.33. The van der Waals surface area contributed by atoms with Crippen LogP contribution in [0.2, 0.25) is 0 Å². The summed E-state index contributed by atoms with van der Waals surface area (Å²) in [5, 5.41) is 20.5. The van der Waals surface area contributed by atoms with Gasteiger partial charge in [-0.05, 0) is 36.8 Å². The Morgan fingerprint density at radius 1 is 1.21 bits per heavy atom. The molecule has 7 nitrogen and oxygen atoms in total. The molecule has 0 radical (unpaired) electrons. The Bertz CT molecular complexity index is 1080. The Hall–Kier alpha value is -3.50. The van der Waals surface area contributed by atoms with E-state index in [4.69, 9.17) is 9.47 Å². The number of benzene rings is 2. The molecule has 3 aromatic rings. The van der Waals surface area contributed by atoms with Gasteiger partial charge in [-0.1, -0.05) is 0 Å². The van der Waals surface area contributed by atoms with E-state index in [1.54, 1.807) is 23.9 Å². The lowest BCUT2D eigenvalue weighted by atomic mass is 10.1. The number of aromatic nitrogens is 1. The summed E-state index contributed by atoms with van der Waals surface area (Å²) in [4.78, 5) is 11.7. The van der Waals surface area contributed by atoms with Crippen molar-refractivity contribution >= 4 is 16.9 Å². The fourth-order valence-electron chi connectivity index (χ4n) is 3.00. The lowest BCUT2D eigenvalue weighted by Crippen LogP contribution is -2.05. The molecule has 0 atom stereocenters. The summed E-state index contributed by atoms with van der Waals surface area (Å²) in [6, 6.07) is 10.6. The fraction of sp³-hybridized carbons (Fsp3) is 0.238. The van der Waals surface area contributed by atoms with Crippen molar-refractivity contribution in [1.29, 1.82) is 5.26 Å². The van der Waals surface area contributed by atoms with Crippen LogP contribution in [-0.2, 0) is 9.47 Å². The molecule has 0 fully saturated rings. The van der Waals surface area contributed by atoms with Crippen molar-refractivity contribution in [2.24, 2.45) is 0 Å². The number of carbonyl (C=O) groups excluding carboxylic acids is 1. The SMILES string of the molecule is COCCOc1cc2c(C#N)cn(-c3ccc(C(=O)OC)c(O)c3)c2cc1C. The smallest absolute Gasteiger partial charge is 0.341 e. The van der Waals surface area contributed by atoms with Crippen LogP contribution in [-0.4, -0.2) is 43.1 Å². The van der Waals surface area contributed by atoms with Crippen LogP contribution in [0.3, 0.4) is 0 Å². The molecular weight excluding hydrogens is 360 g/mol. The van der Waals surface area contributed by atoms with Gasteiger partial charge in [0.25, 0.3) is 0 Å². The summed E-state index contributed by atoms with van der Waals surface area (Å²) in [7, 11) is 2.86. The fourth-order valence-corrected chi connectivity index (χ4v) is 3.00. The Kier molecular flexibility index (Phi) is 5.52. The average Bonchev–Trinajstić information content (AvgIpc) is 3.05. The highest BCUT2D eigenvalue weighted by molar-refractivity contribution is 5.93. The zero-order valence-corrected chi connectivity index (χ0v) is 15.9. The third-order valence-electron chi connectivity index (χ3n) is 4.43. The van der Waals surface area contributed by atoms with Crippen molar-refractivity contribution in [1.82, 2.24) is 4.57 Å². The van der Waals surface area contributed by atoms with E-state index in [2.05, 4.69) is 10.8 Å². The number of rotatable bonds is 6. The minimum atomic E-state index is -0.618. The molecule has 0 saturated heterocycles. The summed E-state index contributed by atoms with van der Waals surface area (Å²) in [5.41, 5.74) is 2.86. The molecule has 0 aliphatic carbocycles. The number of phenolic OH excluding ortho intramolecular Hbond substituents is 1. The third-order valence-corrected chi connectivity index (χ3v) is 4.43. The zero-order valence-electron chi connectivity index (χ0n) is 15.9. The minimum Gasteiger partial charge on any atom is -0.507 e. The number of nitriles is 1. The van der Waals surface area contributed by atoms with Crippen molar-refractivity contribution in [3.63, 3.8) is 0 Å².